The SMILES string of the molecule is CC(C)n1ccnc1Nc1c(Cl)cc(F)cc1Cl. The Bertz CT molecular complexity index is 543. The normalized spacial score (nSPS) is 11.0. The summed E-state index contributed by atoms with van der Waals surface area (Å²) < 4.78 is 15.0. The highest BCUT2D eigenvalue weighted by molar-refractivity contribution is 6.39. The number of hydrogen-bond donors (Lipinski definition) is 1. The summed E-state index contributed by atoms with van der Waals surface area (Å²) in [7, 11) is 0. The van der Waals surface area contributed by atoms with Gasteiger partial charge in [0.15, 0.2) is 0 Å². The number of aromatic nitrogens is 2. The lowest BCUT2D eigenvalue weighted by Gasteiger charge is -2.14. The van der Waals surface area contributed by atoms with Crippen molar-refractivity contribution >= 4 is 34.8 Å². The average molecular weight is 288 g/mol. The number of rotatable bonds is 3. The maximum Gasteiger partial charge on any atom is 0.207 e. The minimum Gasteiger partial charge on any atom is -0.323 e. The second-order valence-corrected chi connectivity index (χ2v) is 4.94. The second kappa shape index (κ2) is 5.16. The van der Waals surface area contributed by atoms with Crippen molar-refractivity contribution in [3.63, 3.8) is 0 Å². The molecule has 1 N–H and O–H groups in total. The Hall–Kier alpha value is -1.26. The molecule has 0 aliphatic carbocycles. The molecular weight excluding hydrogens is 276 g/mol. The van der Waals surface area contributed by atoms with Gasteiger partial charge in [-0.05, 0) is 26.0 Å². The van der Waals surface area contributed by atoms with Crippen LogP contribution < -0.4 is 5.32 Å². The number of nitrogens with one attached hydrogen (secondary N) is 1. The number of nitrogens with zero attached hydrogens (tertiary/aromatic N) is 2. The van der Waals surface area contributed by atoms with E-state index in [1.807, 2.05) is 24.6 Å². The van der Waals surface area contributed by atoms with Crippen molar-refractivity contribution in [1.29, 1.82) is 0 Å². The summed E-state index contributed by atoms with van der Waals surface area (Å²) in [5.74, 6) is 0.142. The van der Waals surface area contributed by atoms with Gasteiger partial charge in [0.1, 0.15) is 5.82 Å². The van der Waals surface area contributed by atoms with E-state index in [0.717, 1.165) is 0 Å². The molecule has 0 amide bonds. The lowest BCUT2D eigenvalue weighted by atomic mass is 10.3. The van der Waals surface area contributed by atoms with E-state index in [9.17, 15) is 4.39 Å². The first-order valence-corrected chi connectivity index (χ1v) is 6.19. The Labute approximate surface area is 115 Å². The minimum atomic E-state index is -0.470. The molecule has 0 saturated carbocycles. The largest absolute Gasteiger partial charge is 0.323 e. The molecule has 0 aliphatic rings. The zero-order chi connectivity index (χ0) is 13.3. The first-order valence-electron chi connectivity index (χ1n) is 5.43. The monoisotopic (exact) mass is 287 g/mol. The molecule has 96 valence electrons. The Morgan fingerprint density at radius 3 is 2.44 bits per heavy atom. The van der Waals surface area contributed by atoms with Crippen LogP contribution in [0.2, 0.25) is 10.0 Å². The summed E-state index contributed by atoms with van der Waals surface area (Å²) in [5, 5.41) is 3.46. The van der Waals surface area contributed by atoms with Crippen LogP contribution in [-0.2, 0) is 0 Å². The third kappa shape index (κ3) is 2.60. The van der Waals surface area contributed by atoms with E-state index >= 15 is 0 Å². The molecule has 18 heavy (non-hydrogen) atoms. The van der Waals surface area contributed by atoms with Gasteiger partial charge in [-0.2, -0.15) is 0 Å². The fraction of sp³-hybridized carbons (Fsp3) is 0.250. The van der Waals surface area contributed by atoms with E-state index in [2.05, 4.69) is 10.3 Å². The first-order chi connectivity index (χ1) is 8.49. The van der Waals surface area contributed by atoms with Crippen LogP contribution in [0.3, 0.4) is 0 Å². The number of anilines is 2. The number of imidazole rings is 1. The van der Waals surface area contributed by atoms with Gasteiger partial charge in [0.25, 0.3) is 0 Å². The smallest absolute Gasteiger partial charge is 0.207 e. The second-order valence-electron chi connectivity index (χ2n) is 4.12. The maximum absolute atomic E-state index is 13.1. The van der Waals surface area contributed by atoms with E-state index < -0.39 is 5.82 Å². The molecule has 2 rings (SSSR count). The van der Waals surface area contributed by atoms with Gasteiger partial charge in [0.2, 0.25) is 5.95 Å². The summed E-state index contributed by atoms with van der Waals surface area (Å²) in [4.78, 5) is 4.18. The van der Waals surface area contributed by atoms with Crippen molar-refractivity contribution in [2.45, 2.75) is 19.9 Å². The van der Waals surface area contributed by atoms with Crippen LogP contribution in [0.25, 0.3) is 0 Å². The predicted molar refractivity (Wildman–Crippen MR) is 72.3 cm³/mol. The van der Waals surface area contributed by atoms with Crippen molar-refractivity contribution in [1.82, 2.24) is 9.55 Å². The Morgan fingerprint density at radius 2 is 1.89 bits per heavy atom. The molecule has 1 aromatic carbocycles. The number of halogens is 3. The lowest BCUT2D eigenvalue weighted by molar-refractivity contribution is 0.607. The molecule has 0 fully saturated rings. The summed E-state index contributed by atoms with van der Waals surface area (Å²) in [6.07, 6.45) is 3.52. The predicted octanol–water partition coefficient (Wildman–Crippen LogP) is 4.65. The fourth-order valence-electron chi connectivity index (χ4n) is 1.60. The zero-order valence-electron chi connectivity index (χ0n) is 9.92. The zero-order valence-corrected chi connectivity index (χ0v) is 11.4. The van der Waals surface area contributed by atoms with Gasteiger partial charge in [0.05, 0.1) is 15.7 Å². The molecule has 0 aliphatic heterocycles. The van der Waals surface area contributed by atoms with Gasteiger partial charge in [0, 0.05) is 18.4 Å². The fourth-order valence-corrected chi connectivity index (χ4v) is 2.15. The molecule has 0 radical (unpaired) electrons. The number of benzene rings is 1. The summed E-state index contributed by atoms with van der Waals surface area (Å²) in [5.41, 5.74) is 0.452. The molecule has 0 atom stereocenters. The molecular formula is C12H12Cl2FN3. The first kappa shape index (κ1) is 13.2. The Kier molecular flexibility index (Phi) is 3.78. The third-order valence-electron chi connectivity index (χ3n) is 2.47. The molecule has 0 bridgehead atoms. The van der Waals surface area contributed by atoms with Crippen LogP contribution in [-0.4, -0.2) is 9.55 Å². The molecule has 1 aromatic heterocycles. The van der Waals surface area contributed by atoms with Crippen molar-refractivity contribution in [3.05, 3.63) is 40.4 Å². The quantitative estimate of drug-likeness (QED) is 0.890. The van der Waals surface area contributed by atoms with E-state index in [1.54, 1.807) is 6.20 Å². The molecule has 0 unspecified atom stereocenters. The van der Waals surface area contributed by atoms with Gasteiger partial charge in [-0.3, -0.25) is 0 Å². The van der Waals surface area contributed by atoms with Gasteiger partial charge in [-0.1, -0.05) is 23.2 Å². The molecule has 3 nitrogen and oxygen atoms in total. The van der Waals surface area contributed by atoms with E-state index in [1.165, 1.54) is 12.1 Å². The van der Waals surface area contributed by atoms with Crippen LogP contribution in [0.5, 0.6) is 0 Å². The Balaban J connectivity index is 2.37. The third-order valence-corrected chi connectivity index (χ3v) is 3.06. The topological polar surface area (TPSA) is 29.9 Å². The summed E-state index contributed by atoms with van der Waals surface area (Å²) >= 11 is 11.9. The molecule has 1 heterocycles. The molecule has 6 heteroatoms. The molecule has 0 spiro atoms. The Morgan fingerprint density at radius 1 is 1.28 bits per heavy atom. The van der Waals surface area contributed by atoms with Gasteiger partial charge in [-0.15, -0.1) is 0 Å². The minimum absolute atomic E-state index is 0.221. The van der Waals surface area contributed by atoms with Gasteiger partial charge in [-0.25, -0.2) is 9.37 Å². The lowest BCUT2D eigenvalue weighted by Crippen LogP contribution is -2.05. The van der Waals surface area contributed by atoms with Crippen LogP contribution in [0.1, 0.15) is 19.9 Å². The highest BCUT2D eigenvalue weighted by atomic mass is 35.5. The van der Waals surface area contributed by atoms with E-state index in [-0.39, 0.29) is 16.1 Å². The summed E-state index contributed by atoms with van der Waals surface area (Å²) in [6, 6.07) is 2.66. The van der Waals surface area contributed by atoms with Crippen molar-refractivity contribution in [2.75, 3.05) is 5.32 Å². The maximum atomic E-state index is 13.1. The van der Waals surface area contributed by atoms with E-state index in [0.29, 0.717) is 11.6 Å². The van der Waals surface area contributed by atoms with Crippen LogP contribution in [0.15, 0.2) is 24.5 Å². The van der Waals surface area contributed by atoms with Crippen LogP contribution >= 0.6 is 23.2 Å². The van der Waals surface area contributed by atoms with Crippen molar-refractivity contribution in [2.24, 2.45) is 0 Å². The average Bonchev–Trinajstić information content (AvgIpc) is 2.71. The highest BCUT2D eigenvalue weighted by Gasteiger charge is 2.12. The van der Waals surface area contributed by atoms with Crippen LogP contribution in [0, 0.1) is 5.82 Å². The van der Waals surface area contributed by atoms with Crippen molar-refractivity contribution in [3.8, 4) is 0 Å². The van der Waals surface area contributed by atoms with Gasteiger partial charge < -0.3 is 9.88 Å². The molecule has 2 aromatic rings. The standard InChI is InChI=1S/C12H12Cl2FN3/c1-7(2)18-4-3-16-12(18)17-11-9(13)5-8(15)6-10(11)14/h3-7H,1-2H3,(H,16,17). The van der Waals surface area contributed by atoms with E-state index in [4.69, 9.17) is 23.2 Å². The van der Waals surface area contributed by atoms with Crippen molar-refractivity contribution < 1.29 is 4.39 Å². The van der Waals surface area contributed by atoms with Gasteiger partial charge >= 0.3 is 0 Å². The highest BCUT2D eigenvalue weighted by Crippen LogP contribution is 2.33. The summed E-state index contributed by atoms with van der Waals surface area (Å²) in [6.45, 7) is 4.06. The molecule has 0 saturated heterocycles. The van der Waals surface area contributed by atoms with Crippen LogP contribution in [0.4, 0.5) is 16.0 Å². The number of hydrogen-bond acceptors (Lipinski definition) is 2.